The van der Waals surface area contributed by atoms with Crippen LogP contribution in [0, 0.1) is 4.91 Å². The van der Waals surface area contributed by atoms with Crippen molar-refractivity contribution in [1.29, 1.82) is 0 Å². The predicted octanol–water partition coefficient (Wildman–Crippen LogP) is 10.6. The van der Waals surface area contributed by atoms with E-state index in [1.54, 1.807) is 0 Å². The first-order valence-electron chi connectivity index (χ1n) is 16.5. The van der Waals surface area contributed by atoms with Gasteiger partial charge in [-0.05, 0) is 61.5 Å². The van der Waals surface area contributed by atoms with Crippen LogP contribution in [-0.4, -0.2) is 30.5 Å². The lowest BCUT2D eigenvalue weighted by Gasteiger charge is -2.24. The third-order valence-corrected chi connectivity index (χ3v) is 9.74. The number of aliphatic imine (C=N–C) groups is 2. The number of anilines is 1. The molecule has 0 aliphatic carbocycles. The zero-order valence-electron chi connectivity index (χ0n) is 27.6. The highest BCUT2D eigenvalue weighted by Crippen LogP contribution is 2.36. The lowest BCUT2D eigenvalue weighted by Crippen LogP contribution is -2.33. The zero-order valence-corrected chi connectivity index (χ0v) is 29.7. The summed E-state index contributed by atoms with van der Waals surface area (Å²) in [5, 5.41) is 8.55. The molecule has 0 saturated heterocycles. The largest absolute Gasteiger partial charge is 0.344 e. The molecule has 7 aromatic carbocycles. The fourth-order valence-electron chi connectivity index (χ4n) is 6.67. The summed E-state index contributed by atoms with van der Waals surface area (Å²) < 4.78 is 2.83. The maximum atomic E-state index is 12.1. The van der Waals surface area contributed by atoms with E-state index in [1.807, 2.05) is 46.6 Å². The molecule has 7 heteroatoms. The highest BCUT2D eigenvalue weighted by Gasteiger charge is 2.22. The number of amidine groups is 2. The van der Waals surface area contributed by atoms with Crippen molar-refractivity contribution in [2.45, 2.75) is 6.17 Å². The van der Waals surface area contributed by atoms with Crippen LogP contribution >= 0.6 is 22.9 Å². The smallest absolute Gasteiger partial charge is 0.279 e. The number of nitroso groups, excluding NO2 is 1. The van der Waals surface area contributed by atoms with Crippen molar-refractivity contribution in [3.8, 4) is 22.3 Å². The molecule has 1 unspecified atom stereocenters. The second-order valence-corrected chi connectivity index (χ2v) is 13.8. The van der Waals surface area contributed by atoms with Crippen LogP contribution in [0.3, 0.4) is 0 Å². The summed E-state index contributed by atoms with van der Waals surface area (Å²) in [5.41, 5.74) is 8.89. The van der Waals surface area contributed by atoms with Crippen LogP contribution in [-0.2, 0) is 0 Å². The molecular weight excluding hydrogens is 729 g/mol. The molecule has 7 aromatic rings. The number of benzene rings is 7. The third kappa shape index (κ3) is 6.05. The zero-order chi connectivity index (χ0) is 34.2. The van der Waals surface area contributed by atoms with Crippen LogP contribution in [0.2, 0.25) is 0 Å². The molecule has 0 saturated carbocycles. The van der Waals surface area contributed by atoms with Crippen molar-refractivity contribution in [2.75, 3.05) is 17.2 Å². The number of hydrogen-bond acceptors (Lipinski definition) is 5. The number of rotatable bonds is 7. The Morgan fingerprint density at radius 1 is 0.660 bits per heavy atom. The first kappa shape index (κ1) is 31.6. The summed E-state index contributed by atoms with van der Waals surface area (Å²) in [4.78, 5) is 22.3. The number of nitrogens with one attached hydrogen (secondary N) is 1. The molecule has 0 spiro atoms. The summed E-state index contributed by atoms with van der Waals surface area (Å²) in [6.07, 6.45) is -0.291. The fourth-order valence-corrected chi connectivity index (χ4v) is 7.05. The van der Waals surface area contributed by atoms with Gasteiger partial charge in [-0.3, -0.25) is 0 Å². The minimum atomic E-state index is -0.291. The van der Waals surface area contributed by atoms with Crippen molar-refractivity contribution >= 4 is 67.5 Å². The molecule has 0 amide bonds. The van der Waals surface area contributed by atoms with Crippen LogP contribution in [0.1, 0.15) is 22.9 Å². The normalized spacial score (nSPS) is 14.2. The number of hydrogen-bond donors (Lipinski definition) is 1. The quantitative estimate of drug-likeness (QED) is 0.0761. The maximum Gasteiger partial charge on any atom is 0.279 e. The van der Waals surface area contributed by atoms with Crippen molar-refractivity contribution in [2.24, 2.45) is 9.98 Å². The first-order chi connectivity index (χ1) is 24.4. The van der Waals surface area contributed by atoms with Gasteiger partial charge >= 0.3 is 0 Å². The minimum Gasteiger partial charge on any atom is -0.344 e. The van der Waals surface area contributed by atoms with E-state index >= 15 is 0 Å². The number of nitrogens with zero attached hydrogens (tertiary/aromatic N) is 4. The lowest BCUT2D eigenvalue weighted by molar-refractivity contribution is -0.427. The molecule has 1 N–H and O–H groups in total. The summed E-state index contributed by atoms with van der Waals surface area (Å²) in [5.74, 6) is 1.44. The monoisotopic (exact) mass is 762 g/mol. The molecule has 0 bridgehead atoms. The van der Waals surface area contributed by atoms with Gasteiger partial charge in [-0.15, -0.1) is 0 Å². The molecule has 0 radical (unpaired) electrons. The molecular formula is C43H33IN5O+. The van der Waals surface area contributed by atoms with Crippen LogP contribution in [0.4, 0.5) is 11.4 Å². The topological polar surface area (TPSA) is 60.1 Å². The molecule has 1 aliphatic heterocycles. The standard InChI is InChI=1S/C43H33IN5O/c1-48(44)39-27-35(25-26-38(39)49(2)50)28-15-21-33(22-16-28)42-45-41(32-10-4-3-5-11-32)46-43(47-42)34-23-18-30(19-24-34)37-14-8-12-31-20-17-29-9-6-7-13-36(29)40(31)37/h3-27,41H,1-2H3,(H,45,46,47)/q+1. The summed E-state index contributed by atoms with van der Waals surface area (Å²) >= 11 is 2.19. The van der Waals surface area contributed by atoms with Crippen LogP contribution < -0.4 is 8.43 Å². The van der Waals surface area contributed by atoms with E-state index in [-0.39, 0.29) is 6.17 Å². The van der Waals surface area contributed by atoms with Gasteiger partial charge in [-0.2, -0.15) is 0 Å². The van der Waals surface area contributed by atoms with E-state index in [1.165, 1.54) is 34.2 Å². The molecule has 0 fully saturated rings. The molecule has 1 aliphatic rings. The SMILES string of the molecule is CN(I)c1cc(-c2ccc(C3=NC(c4ccc(-c5cccc6ccc7ccccc7c56)cc4)=NC(c4ccccc4)N3)cc2)ccc1[N+](C)=O. The minimum absolute atomic E-state index is 0.291. The average Bonchev–Trinajstić information content (AvgIpc) is 3.17. The molecule has 8 rings (SSSR count). The van der Waals surface area contributed by atoms with Crippen molar-refractivity contribution in [3.63, 3.8) is 0 Å². The Morgan fingerprint density at radius 3 is 2.06 bits per heavy atom. The highest BCUT2D eigenvalue weighted by atomic mass is 127. The van der Waals surface area contributed by atoms with Gasteiger partial charge in [0.05, 0.1) is 22.9 Å². The Balaban J connectivity index is 1.15. The second-order valence-electron chi connectivity index (χ2n) is 12.4. The lowest BCUT2D eigenvalue weighted by atomic mass is 9.93. The average molecular weight is 763 g/mol. The van der Waals surface area contributed by atoms with Crippen molar-refractivity contribution in [1.82, 2.24) is 5.32 Å². The van der Waals surface area contributed by atoms with Gasteiger partial charge < -0.3 is 8.43 Å². The Labute approximate surface area is 304 Å². The van der Waals surface area contributed by atoms with Crippen LogP contribution in [0.5, 0.6) is 0 Å². The van der Waals surface area contributed by atoms with Crippen molar-refractivity contribution in [3.05, 3.63) is 173 Å². The van der Waals surface area contributed by atoms with Gasteiger partial charge in [0.15, 0.2) is 12.9 Å². The van der Waals surface area contributed by atoms with Gasteiger partial charge in [-0.25, -0.2) is 9.98 Å². The van der Waals surface area contributed by atoms with E-state index in [0.29, 0.717) is 11.5 Å². The number of halogens is 1. The molecule has 0 aromatic heterocycles. The van der Waals surface area contributed by atoms with Crippen LogP contribution in [0.15, 0.2) is 162 Å². The summed E-state index contributed by atoms with van der Waals surface area (Å²) in [6.45, 7) is 0. The summed E-state index contributed by atoms with van der Waals surface area (Å²) in [7, 11) is 3.45. The van der Waals surface area contributed by atoms with E-state index in [2.05, 4.69) is 143 Å². The predicted molar refractivity (Wildman–Crippen MR) is 216 cm³/mol. The van der Waals surface area contributed by atoms with Gasteiger partial charge in [0.2, 0.25) is 0 Å². The van der Waals surface area contributed by atoms with Gasteiger partial charge in [0.25, 0.3) is 5.69 Å². The molecule has 1 heterocycles. The molecule has 242 valence electrons. The van der Waals surface area contributed by atoms with Crippen molar-refractivity contribution < 1.29 is 4.76 Å². The van der Waals surface area contributed by atoms with E-state index < -0.39 is 0 Å². The van der Waals surface area contributed by atoms with Gasteiger partial charge in [0, 0.05) is 33.9 Å². The highest BCUT2D eigenvalue weighted by molar-refractivity contribution is 14.1. The fraction of sp³-hybridized carbons (Fsp3) is 0.0698. The van der Waals surface area contributed by atoms with E-state index in [4.69, 9.17) is 9.98 Å². The number of fused-ring (bicyclic) bond motifs is 3. The van der Waals surface area contributed by atoms with E-state index in [9.17, 15) is 4.91 Å². The Hall–Kier alpha value is -5.67. The van der Waals surface area contributed by atoms with Crippen LogP contribution in [0.25, 0.3) is 43.8 Å². The molecule has 6 nitrogen and oxygen atoms in total. The molecule has 50 heavy (non-hydrogen) atoms. The maximum absolute atomic E-state index is 12.1. The Bertz CT molecular complexity index is 2450. The second kappa shape index (κ2) is 13.3. The van der Waals surface area contributed by atoms with E-state index in [0.717, 1.165) is 49.7 Å². The van der Waals surface area contributed by atoms with Gasteiger partial charge in [0.1, 0.15) is 17.7 Å². The Morgan fingerprint density at radius 2 is 1.30 bits per heavy atom. The Kier molecular flexibility index (Phi) is 8.42. The van der Waals surface area contributed by atoms with Gasteiger partial charge in [-0.1, -0.05) is 133 Å². The third-order valence-electron chi connectivity index (χ3n) is 9.22. The summed E-state index contributed by atoms with van der Waals surface area (Å²) in [6, 6.07) is 52.6. The molecule has 1 atom stereocenters. The first-order valence-corrected chi connectivity index (χ1v) is 17.4.